The van der Waals surface area contributed by atoms with Gasteiger partial charge in [0, 0.05) is 23.6 Å². The van der Waals surface area contributed by atoms with Crippen molar-refractivity contribution >= 4 is 16.9 Å². The first-order chi connectivity index (χ1) is 11.5. The summed E-state index contributed by atoms with van der Waals surface area (Å²) in [5.74, 6) is -0.439. The van der Waals surface area contributed by atoms with Crippen LogP contribution in [-0.4, -0.2) is 32.1 Å². The molecule has 0 N–H and O–H groups in total. The van der Waals surface area contributed by atoms with Gasteiger partial charge >= 0.3 is 5.97 Å². The first-order valence-electron chi connectivity index (χ1n) is 8.19. The second-order valence-corrected chi connectivity index (χ2v) is 5.86. The minimum absolute atomic E-state index is 0.238. The SMILES string of the molecule is CCOC(=O)c1cn(Cc2ccc3c(c2)c(C)c(CC)n3C)nn1. The molecule has 3 aromatic rings. The number of rotatable bonds is 5. The minimum atomic E-state index is -0.439. The van der Waals surface area contributed by atoms with Crippen LogP contribution in [0.4, 0.5) is 0 Å². The molecule has 1 aromatic carbocycles. The summed E-state index contributed by atoms with van der Waals surface area (Å²) in [6.07, 6.45) is 2.63. The number of nitrogens with zero attached hydrogens (tertiary/aromatic N) is 4. The Morgan fingerprint density at radius 3 is 2.79 bits per heavy atom. The average molecular weight is 326 g/mol. The van der Waals surface area contributed by atoms with Crippen LogP contribution in [0.2, 0.25) is 0 Å². The lowest BCUT2D eigenvalue weighted by Crippen LogP contribution is -2.05. The fraction of sp³-hybridized carbons (Fsp3) is 0.389. The summed E-state index contributed by atoms with van der Waals surface area (Å²) in [5.41, 5.74) is 5.27. The van der Waals surface area contributed by atoms with Crippen molar-refractivity contribution < 1.29 is 9.53 Å². The lowest BCUT2D eigenvalue weighted by Gasteiger charge is -2.03. The van der Waals surface area contributed by atoms with E-state index in [1.54, 1.807) is 17.8 Å². The summed E-state index contributed by atoms with van der Waals surface area (Å²) in [6, 6.07) is 6.42. The van der Waals surface area contributed by atoms with Gasteiger partial charge in [-0.25, -0.2) is 9.48 Å². The molecule has 0 aliphatic heterocycles. The van der Waals surface area contributed by atoms with E-state index < -0.39 is 5.97 Å². The van der Waals surface area contributed by atoms with Crippen LogP contribution in [0.3, 0.4) is 0 Å². The second-order valence-electron chi connectivity index (χ2n) is 5.86. The zero-order valence-electron chi connectivity index (χ0n) is 14.5. The van der Waals surface area contributed by atoms with Gasteiger partial charge in [0.2, 0.25) is 0 Å². The lowest BCUT2D eigenvalue weighted by atomic mass is 10.1. The molecule has 0 amide bonds. The molecule has 0 saturated heterocycles. The van der Waals surface area contributed by atoms with Gasteiger partial charge in [0.1, 0.15) is 0 Å². The number of aromatic nitrogens is 4. The van der Waals surface area contributed by atoms with E-state index in [2.05, 4.69) is 54.0 Å². The van der Waals surface area contributed by atoms with E-state index in [1.165, 1.54) is 22.2 Å². The van der Waals surface area contributed by atoms with Crippen LogP contribution < -0.4 is 0 Å². The highest BCUT2D eigenvalue weighted by molar-refractivity contribution is 5.87. The molecule has 0 fully saturated rings. The van der Waals surface area contributed by atoms with Crippen molar-refractivity contribution in [2.45, 2.75) is 33.7 Å². The minimum Gasteiger partial charge on any atom is -0.461 e. The van der Waals surface area contributed by atoms with Crippen molar-refractivity contribution in [2.75, 3.05) is 6.61 Å². The number of esters is 1. The van der Waals surface area contributed by atoms with Gasteiger partial charge < -0.3 is 9.30 Å². The third kappa shape index (κ3) is 2.79. The zero-order valence-corrected chi connectivity index (χ0v) is 14.5. The summed E-state index contributed by atoms with van der Waals surface area (Å²) < 4.78 is 8.85. The molecule has 2 aromatic heterocycles. The van der Waals surface area contributed by atoms with Crippen LogP contribution in [0, 0.1) is 6.92 Å². The first kappa shape index (κ1) is 16.2. The lowest BCUT2D eigenvalue weighted by molar-refractivity contribution is 0.0519. The Morgan fingerprint density at radius 1 is 1.29 bits per heavy atom. The number of benzene rings is 1. The Hall–Kier alpha value is -2.63. The van der Waals surface area contributed by atoms with Gasteiger partial charge in [0.25, 0.3) is 0 Å². The summed E-state index contributed by atoms with van der Waals surface area (Å²) in [7, 11) is 2.11. The van der Waals surface area contributed by atoms with Crippen molar-refractivity contribution in [3.8, 4) is 0 Å². The highest BCUT2D eigenvalue weighted by atomic mass is 16.5. The molecule has 2 heterocycles. The molecule has 3 rings (SSSR count). The van der Waals surface area contributed by atoms with Crippen LogP contribution >= 0.6 is 0 Å². The monoisotopic (exact) mass is 326 g/mol. The summed E-state index contributed by atoms with van der Waals surface area (Å²) in [5, 5.41) is 9.16. The predicted molar refractivity (Wildman–Crippen MR) is 92.1 cm³/mol. The van der Waals surface area contributed by atoms with Gasteiger partial charge in [0.15, 0.2) is 5.69 Å². The molecular weight excluding hydrogens is 304 g/mol. The maximum absolute atomic E-state index is 11.7. The van der Waals surface area contributed by atoms with Gasteiger partial charge in [-0.2, -0.15) is 0 Å². The Balaban J connectivity index is 1.88. The number of fused-ring (bicyclic) bond motifs is 1. The Labute approximate surface area is 141 Å². The van der Waals surface area contributed by atoms with E-state index in [0.717, 1.165) is 12.0 Å². The van der Waals surface area contributed by atoms with Crippen molar-refractivity contribution in [2.24, 2.45) is 7.05 Å². The zero-order chi connectivity index (χ0) is 17.3. The third-order valence-corrected chi connectivity index (χ3v) is 4.37. The maximum Gasteiger partial charge on any atom is 0.360 e. The van der Waals surface area contributed by atoms with Gasteiger partial charge in [-0.3, -0.25) is 0 Å². The van der Waals surface area contributed by atoms with Crippen LogP contribution in [0.15, 0.2) is 24.4 Å². The summed E-state index contributed by atoms with van der Waals surface area (Å²) in [6.45, 7) is 7.01. The fourth-order valence-electron chi connectivity index (χ4n) is 3.19. The van der Waals surface area contributed by atoms with E-state index in [0.29, 0.717) is 13.2 Å². The van der Waals surface area contributed by atoms with Gasteiger partial charge in [-0.15, -0.1) is 5.10 Å². The Kier molecular flexibility index (Phi) is 4.38. The van der Waals surface area contributed by atoms with Crippen LogP contribution in [0.25, 0.3) is 10.9 Å². The fourth-order valence-corrected chi connectivity index (χ4v) is 3.19. The third-order valence-electron chi connectivity index (χ3n) is 4.37. The van der Waals surface area contributed by atoms with Crippen molar-refractivity contribution in [1.82, 2.24) is 19.6 Å². The van der Waals surface area contributed by atoms with Crippen LogP contribution in [0.5, 0.6) is 0 Å². The number of carbonyl (C=O) groups is 1. The molecule has 0 atom stereocenters. The number of carbonyl (C=O) groups excluding carboxylic acids is 1. The van der Waals surface area contributed by atoms with E-state index >= 15 is 0 Å². The van der Waals surface area contributed by atoms with Crippen LogP contribution in [-0.2, 0) is 24.8 Å². The predicted octanol–water partition coefficient (Wildman–Crippen LogP) is 2.87. The highest BCUT2D eigenvalue weighted by Gasteiger charge is 2.13. The molecule has 0 saturated carbocycles. The maximum atomic E-state index is 11.7. The second kappa shape index (κ2) is 6.47. The number of ether oxygens (including phenoxy) is 1. The molecule has 126 valence electrons. The van der Waals surface area contributed by atoms with Crippen molar-refractivity contribution in [1.29, 1.82) is 0 Å². The summed E-state index contributed by atoms with van der Waals surface area (Å²) in [4.78, 5) is 11.7. The molecule has 6 heteroatoms. The van der Waals surface area contributed by atoms with Gasteiger partial charge in [-0.1, -0.05) is 18.2 Å². The van der Waals surface area contributed by atoms with Gasteiger partial charge in [0.05, 0.1) is 19.3 Å². The number of hydrogen-bond acceptors (Lipinski definition) is 4. The quantitative estimate of drug-likeness (QED) is 0.676. The van der Waals surface area contributed by atoms with E-state index in [1.807, 2.05) is 0 Å². The number of aryl methyl sites for hydroxylation is 2. The molecule has 0 bridgehead atoms. The highest BCUT2D eigenvalue weighted by Crippen LogP contribution is 2.26. The molecular formula is C18H22N4O2. The smallest absolute Gasteiger partial charge is 0.360 e. The first-order valence-corrected chi connectivity index (χ1v) is 8.19. The molecule has 0 spiro atoms. The molecule has 6 nitrogen and oxygen atoms in total. The van der Waals surface area contributed by atoms with Gasteiger partial charge in [-0.05, 0) is 43.5 Å². The van der Waals surface area contributed by atoms with E-state index in [4.69, 9.17) is 4.74 Å². The molecule has 0 radical (unpaired) electrons. The largest absolute Gasteiger partial charge is 0.461 e. The molecule has 0 aliphatic carbocycles. The van der Waals surface area contributed by atoms with Crippen LogP contribution in [0.1, 0.15) is 41.2 Å². The van der Waals surface area contributed by atoms with E-state index in [-0.39, 0.29) is 5.69 Å². The standard InChI is InChI=1S/C18H22N4O2/c1-5-16-12(3)14-9-13(7-8-17(14)21(16)4)10-22-11-15(19-20-22)18(23)24-6-2/h7-9,11H,5-6,10H2,1-4H3. The number of hydrogen-bond donors (Lipinski definition) is 0. The average Bonchev–Trinajstić information content (AvgIpc) is 3.12. The summed E-state index contributed by atoms with van der Waals surface area (Å²) >= 11 is 0. The Morgan fingerprint density at radius 2 is 2.08 bits per heavy atom. The molecule has 0 aliphatic rings. The van der Waals surface area contributed by atoms with Crippen molar-refractivity contribution in [3.63, 3.8) is 0 Å². The van der Waals surface area contributed by atoms with Crippen molar-refractivity contribution in [3.05, 3.63) is 46.9 Å². The molecule has 0 unspecified atom stereocenters. The van der Waals surface area contributed by atoms with E-state index in [9.17, 15) is 4.79 Å². The Bertz CT molecular complexity index is 892. The normalized spacial score (nSPS) is 11.2. The molecule has 24 heavy (non-hydrogen) atoms. The topological polar surface area (TPSA) is 61.9 Å².